The summed E-state index contributed by atoms with van der Waals surface area (Å²) >= 11 is 1.71. The largest absolute Gasteiger partial charge is 0.152 e. The first-order valence-corrected chi connectivity index (χ1v) is 2.41. The molecule has 0 unspecified atom stereocenters. The molecular formula is C4H4EuS. The van der Waals surface area contributed by atoms with Crippen LogP contribution in [-0.4, -0.2) is 0 Å². The van der Waals surface area contributed by atoms with E-state index in [4.69, 9.17) is 0 Å². The standard InChI is InChI=1S/C4H4S.Eu/c1-2-4-5-3-1;/h1-4H;. The number of thiophene rings is 1. The Morgan fingerprint density at radius 1 is 1.00 bits per heavy atom. The molecule has 1 heterocycles. The molecule has 0 fully saturated rings. The number of hydrogen-bond donors (Lipinski definition) is 0. The van der Waals surface area contributed by atoms with E-state index >= 15 is 0 Å². The van der Waals surface area contributed by atoms with Crippen molar-refractivity contribution in [3.05, 3.63) is 22.9 Å². The minimum atomic E-state index is 0. The van der Waals surface area contributed by atoms with Gasteiger partial charge in [0.15, 0.2) is 0 Å². The summed E-state index contributed by atoms with van der Waals surface area (Å²) in [5, 5.41) is 4.08. The Hall–Kier alpha value is 1.28. The second kappa shape index (κ2) is 4.44. The summed E-state index contributed by atoms with van der Waals surface area (Å²) in [6.45, 7) is 0. The normalized spacial score (nSPS) is 6.67. The summed E-state index contributed by atoms with van der Waals surface area (Å²) in [5.74, 6) is 0. The van der Waals surface area contributed by atoms with E-state index in [-0.39, 0.29) is 49.4 Å². The molecule has 0 nitrogen and oxygen atoms in total. The maximum absolute atomic E-state index is 2.04. The van der Waals surface area contributed by atoms with Gasteiger partial charge in [-0.1, -0.05) is 12.1 Å². The van der Waals surface area contributed by atoms with Gasteiger partial charge in [0.05, 0.1) is 0 Å². The third kappa shape index (κ3) is 2.46. The fourth-order valence-corrected chi connectivity index (χ4v) is 0.680. The van der Waals surface area contributed by atoms with Crippen LogP contribution in [-0.2, 0) is 0 Å². The SMILES string of the molecule is [Eu].c1ccsc1. The Kier molecular flexibility index (Phi) is 5.39. The van der Waals surface area contributed by atoms with Crippen molar-refractivity contribution in [2.45, 2.75) is 0 Å². The van der Waals surface area contributed by atoms with Gasteiger partial charge in [-0.05, 0) is 10.8 Å². The molecule has 0 bridgehead atoms. The quantitative estimate of drug-likeness (QED) is 0.643. The van der Waals surface area contributed by atoms with Crippen LogP contribution in [0.4, 0.5) is 0 Å². The Bertz CT molecular complexity index is 64.0. The molecule has 1 aromatic rings. The van der Waals surface area contributed by atoms with Crippen molar-refractivity contribution in [1.29, 1.82) is 0 Å². The van der Waals surface area contributed by atoms with E-state index in [1.807, 2.05) is 22.9 Å². The summed E-state index contributed by atoms with van der Waals surface area (Å²) < 4.78 is 0. The van der Waals surface area contributed by atoms with E-state index < -0.39 is 0 Å². The van der Waals surface area contributed by atoms with Crippen molar-refractivity contribution >= 4 is 11.3 Å². The van der Waals surface area contributed by atoms with E-state index in [1.165, 1.54) is 0 Å². The zero-order valence-corrected chi connectivity index (χ0v) is 6.34. The molecule has 2 heteroatoms. The molecule has 1 aromatic heterocycles. The van der Waals surface area contributed by atoms with E-state index in [0.717, 1.165) is 0 Å². The first kappa shape index (κ1) is 7.28. The molecule has 0 aliphatic carbocycles. The average Bonchev–Trinajstić information content (AvgIpc) is 1.76. The predicted molar refractivity (Wildman–Crippen MR) is 24.3 cm³/mol. The van der Waals surface area contributed by atoms with Crippen molar-refractivity contribution in [2.75, 3.05) is 0 Å². The molecule has 0 N–H and O–H groups in total. The molecule has 0 amide bonds. The maximum atomic E-state index is 2.04. The number of hydrogen-bond acceptors (Lipinski definition) is 1. The van der Waals surface area contributed by atoms with Gasteiger partial charge in [-0.3, -0.25) is 0 Å². The Balaban J connectivity index is 0.000000250. The van der Waals surface area contributed by atoms with Gasteiger partial charge in [0.2, 0.25) is 0 Å². The van der Waals surface area contributed by atoms with Crippen LogP contribution in [0.5, 0.6) is 0 Å². The van der Waals surface area contributed by atoms with Gasteiger partial charge in [0.25, 0.3) is 0 Å². The molecule has 1 radical (unpaired) electrons. The minimum Gasteiger partial charge on any atom is -0.152 e. The fourth-order valence-electron chi connectivity index (χ4n) is 0.227. The number of rotatable bonds is 0. The summed E-state index contributed by atoms with van der Waals surface area (Å²) in [6.07, 6.45) is 0. The second-order valence-corrected chi connectivity index (χ2v) is 1.61. The minimum absolute atomic E-state index is 0. The van der Waals surface area contributed by atoms with E-state index in [0.29, 0.717) is 0 Å². The average molecular weight is 236 g/mol. The van der Waals surface area contributed by atoms with Gasteiger partial charge in [-0.2, -0.15) is 11.3 Å². The van der Waals surface area contributed by atoms with Crippen LogP contribution >= 0.6 is 11.3 Å². The van der Waals surface area contributed by atoms with Crippen molar-refractivity contribution in [1.82, 2.24) is 0 Å². The zero-order chi connectivity index (χ0) is 3.54. The monoisotopic (exact) mass is 237 g/mol. The first-order chi connectivity index (χ1) is 2.50. The Labute approximate surface area is 82.1 Å². The molecule has 0 aliphatic rings. The van der Waals surface area contributed by atoms with Crippen LogP contribution in [0.15, 0.2) is 22.9 Å². The van der Waals surface area contributed by atoms with Crippen molar-refractivity contribution in [3.63, 3.8) is 0 Å². The van der Waals surface area contributed by atoms with Crippen LogP contribution in [0.3, 0.4) is 0 Å². The smallest absolute Gasteiger partial charge is 0 e. The zero-order valence-electron chi connectivity index (χ0n) is 3.10. The Morgan fingerprint density at radius 2 is 1.50 bits per heavy atom. The molecule has 0 aliphatic heterocycles. The fraction of sp³-hybridized carbons (Fsp3) is 0. The molecular weight excluding hydrogens is 232 g/mol. The van der Waals surface area contributed by atoms with Gasteiger partial charge in [-0.25, -0.2) is 0 Å². The molecule has 0 spiro atoms. The van der Waals surface area contributed by atoms with E-state index in [9.17, 15) is 0 Å². The van der Waals surface area contributed by atoms with Gasteiger partial charge in [0, 0.05) is 49.4 Å². The molecule has 0 aromatic carbocycles. The van der Waals surface area contributed by atoms with Crippen LogP contribution in [0.1, 0.15) is 0 Å². The summed E-state index contributed by atoms with van der Waals surface area (Å²) in [6, 6.07) is 4.04. The van der Waals surface area contributed by atoms with E-state index in [2.05, 4.69) is 0 Å². The van der Waals surface area contributed by atoms with Crippen molar-refractivity contribution in [2.24, 2.45) is 0 Å². The molecule has 0 saturated carbocycles. The van der Waals surface area contributed by atoms with Gasteiger partial charge in [-0.15, -0.1) is 0 Å². The maximum Gasteiger partial charge on any atom is 0 e. The predicted octanol–water partition coefficient (Wildman–Crippen LogP) is 1.75. The van der Waals surface area contributed by atoms with Crippen LogP contribution in [0, 0.1) is 49.4 Å². The van der Waals surface area contributed by atoms with Crippen LogP contribution < -0.4 is 0 Å². The Morgan fingerprint density at radius 3 is 1.67 bits per heavy atom. The van der Waals surface area contributed by atoms with Gasteiger partial charge in [0.1, 0.15) is 0 Å². The third-order valence-corrected chi connectivity index (χ3v) is 1.05. The molecule has 0 atom stereocenters. The first-order valence-electron chi connectivity index (χ1n) is 1.47. The van der Waals surface area contributed by atoms with Gasteiger partial charge >= 0.3 is 0 Å². The van der Waals surface area contributed by atoms with Crippen molar-refractivity contribution in [3.8, 4) is 0 Å². The molecule has 0 saturated heterocycles. The second-order valence-electron chi connectivity index (χ2n) is 0.793. The summed E-state index contributed by atoms with van der Waals surface area (Å²) in [4.78, 5) is 0. The van der Waals surface area contributed by atoms with E-state index in [1.54, 1.807) is 11.3 Å². The summed E-state index contributed by atoms with van der Waals surface area (Å²) in [5.41, 5.74) is 0. The van der Waals surface area contributed by atoms with Gasteiger partial charge < -0.3 is 0 Å². The summed E-state index contributed by atoms with van der Waals surface area (Å²) in [7, 11) is 0. The topological polar surface area (TPSA) is 0 Å². The van der Waals surface area contributed by atoms with Crippen molar-refractivity contribution < 1.29 is 49.4 Å². The molecule has 1 rings (SSSR count). The molecule has 33 valence electrons. The third-order valence-electron chi connectivity index (χ3n) is 0.425. The van der Waals surface area contributed by atoms with Crippen LogP contribution in [0.25, 0.3) is 0 Å². The van der Waals surface area contributed by atoms with Crippen LogP contribution in [0.2, 0.25) is 0 Å². The molecule has 6 heavy (non-hydrogen) atoms.